The molecular weight excluding hydrogens is 472 g/mol. The molecule has 3 aromatic rings. The van der Waals surface area contributed by atoms with Gasteiger partial charge in [0.15, 0.2) is 5.76 Å². The van der Waals surface area contributed by atoms with E-state index in [0.29, 0.717) is 17.3 Å². The summed E-state index contributed by atoms with van der Waals surface area (Å²) >= 11 is 0. The molecule has 9 heteroatoms. The minimum Gasteiger partial charge on any atom is -0.424 e. The highest BCUT2D eigenvalue weighted by Crippen LogP contribution is 2.32. The third kappa shape index (κ3) is 5.83. The molecule has 1 aliphatic heterocycles. The zero-order chi connectivity index (χ0) is 25.1. The highest BCUT2D eigenvalue weighted by molar-refractivity contribution is 5.57. The second-order valence-electron chi connectivity index (χ2n) is 9.68. The number of hydrogen-bond donors (Lipinski definition) is 2. The van der Waals surface area contributed by atoms with Crippen LogP contribution >= 0.6 is 0 Å². The predicted molar refractivity (Wildman–Crippen MR) is 131 cm³/mol. The second-order valence-corrected chi connectivity index (χ2v) is 9.68. The summed E-state index contributed by atoms with van der Waals surface area (Å²) in [5.41, 5.74) is 0.832. The van der Waals surface area contributed by atoms with Crippen molar-refractivity contribution < 1.29 is 22.0 Å². The van der Waals surface area contributed by atoms with Crippen molar-refractivity contribution in [2.24, 2.45) is 0 Å². The van der Waals surface area contributed by atoms with Crippen molar-refractivity contribution in [2.75, 3.05) is 23.3 Å². The average Bonchev–Trinajstić information content (AvgIpc) is 3.34. The molecule has 1 aromatic heterocycles. The molecule has 5 rings (SSSR count). The maximum atomic E-state index is 13.6. The van der Waals surface area contributed by atoms with Crippen LogP contribution in [-0.4, -0.2) is 36.2 Å². The lowest BCUT2D eigenvalue weighted by Crippen LogP contribution is -2.54. The maximum absolute atomic E-state index is 13.6. The molecule has 2 aromatic carbocycles. The molecule has 1 saturated heterocycles. The summed E-state index contributed by atoms with van der Waals surface area (Å²) in [4.78, 5) is 6.52. The van der Waals surface area contributed by atoms with E-state index in [1.807, 2.05) is 0 Å². The fraction of sp³-hybridized carbons (Fsp3) is 0.444. The Morgan fingerprint density at radius 3 is 2.47 bits per heavy atom. The van der Waals surface area contributed by atoms with Crippen molar-refractivity contribution in [3.63, 3.8) is 0 Å². The van der Waals surface area contributed by atoms with Crippen molar-refractivity contribution in [3.8, 4) is 11.3 Å². The van der Waals surface area contributed by atoms with Crippen LogP contribution in [0.25, 0.3) is 11.3 Å². The summed E-state index contributed by atoms with van der Waals surface area (Å²) in [5, 5.41) is 7.24. The molecule has 0 amide bonds. The summed E-state index contributed by atoms with van der Waals surface area (Å²) < 4.78 is 58.2. The molecule has 1 saturated carbocycles. The van der Waals surface area contributed by atoms with Crippen LogP contribution in [0.3, 0.4) is 0 Å². The molecule has 2 fully saturated rings. The molecule has 2 N–H and O–H groups in total. The number of oxazole rings is 1. The van der Waals surface area contributed by atoms with Gasteiger partial charge in [0.05, 0.1) is 11.8 Å². The van der Waals surface area contributed by atoms with Gasteiger partial charge in [-0.2, -0.15) is 13.2 Å². The van der Waals surface area contributed by atoms with Crippen molar-refractivity contribution >= 4 is 11.7 Å². The highest BCUT2D eigenvalue weighted by Gasteiger charge is 2.32. The summed E-state index contributed by atoms with van der Waals surface area (Å²) in [6.45, 7) is 1.58. The van der Waals surface area contributed by atoms with Gasteiger partial charge in [0.25, 0.3) is 6.01 Å². The van der Waals surface area contributed by atoms with Crippen molar-refractivity contribution in [3.05, 3.63) is 66.1 Å². The van der Waals surface area contributed by atoms with E-state index >= 15 is 0 Å². The van der Waals surface area contributed by atoms with E-state index in [0.717, 1.165) is 69.4 Å². The molecule has 2 heterocycles. The number of anilines is 2. The zero-order valence-corrected chi connectivity index (χ0v) is 19.9. The number of halogens is 4. The molecule has 0 radical (unpaired) electrons. The Bertz CT molecular complexity index is 1150. The summed E-state index contributed by atoms with van der Waals surface area (Å²) in [6.07, 6.45) is 3.50. The van der Waals surface area contributed by atoms with E-state index in [-0.39, 0.29) is 23.9 Å². The Morgan fingerprint density at radius 2 is 1.72 bits per heavy atom. The monoisotopic (exact) mass is 502 g/mol. The molecule has 3 atom stereocenters. The van der Waals surface area contributed by atoms with Crippen molar-refractivity contribution in [1.29, 1.82) is 0 Å². The number of nitrogens with zero attached hydrogens (tertiary/aromatic N) is 2. The molecular formula is C27H30F4N4O. The Hall–Kier alpha value is -3.07. The summed E-state index contributed by atoms with van der Waals surface area (Å²) in [5.74, 6) is 0.185. The highest BCUT2D eigenvalue weighted by atomic mass is 19.4. The standard InChI is InChI=1S/C27H30F4N4O/c28-20-6-3-5-18(15-20)25-16-32-26(36-25)34-24-9-2-1-8-23(24)33-21-7-4-14-35(17-21)22-12-10-19(11-13-22)27(29,30)31/h3,5-6,10-13,15-16,21,23-24,33H,1-2,4,7-9,14,17H2,(H,32,34)/t21-,23+,24+/m0/s1. The van der Waals surface area contributed by atoms with Crippen LogP contribution < -0.4 is 15.5 Å². The second kappa shape index (κ2) is 10.5. The van der Waals surface area contributed by atoms with Crippen molar-refractivity contribution in [1.82, 2.24) is 10.3 Å². The number of hydrogen-bond acceptors (Lipinski definition) is 5. The van der Waals surface area contributed by atoms with Gasteiger partial charge in [-0.25, -0.2) is 9.37 Å². The molecule has 0 spiro atoms. The zero-order valence-electron chi connectivity index (χ0n) is 19.9. The van der Waals surface area contributed by atoms with E-state index in [1.165, 1.54) is 12.1 Å². The Kier molecular flexibility index (Phi) is 7.18. The van der Waals surface area contributed by atoms with E-state index in [9.17, 15) is 17.6 Å². The van der Waals surface area contributed by atoms with E-state index in [4.69, 9.17) is 4.42 Å². The van der Waals surface area contributed by atoms with Gasteiger partial charge in [-0.05, 0) is 62.1 Å². The average molecular weight is 503 g/mol. The van der Waals surface area contributed by atoms with Crippen LogP contribution in [0.15, 0.2) is 59.1 Å². The molecule has 36 heavy (non-hydrogen) atoms. The lowest BCUT2D eigenvalue weighted by atomic mass is 9.89. The van der Waals surface area contributed by atoms with Crippen LogP contribution in [0, 0.1) is 5.82 Å². The first-order valence-electron chi connectivity index (χ1n) is 12.5. The minimum absolute atomic E-state index is 0.138. The molecule has 0 unspecified atom stereocenters. The number of benzene rings is 2. The molecule has 5 nitrogen and oxygen atoms in total. The molecule has 192 valence electrons. The quantitative estimate of drug-likeness (QED) is 0.378. The number of alkyl halides is 3. The Labute approximate surface area is 207 Å². The first-order valence-corrected chi connectivity index (χ1v) is 12.5. The summed E-state index contributed by atoms with van der Waals surface area (Å²) in [7, 11) is 0. The third-order valence-corrected chi connectivity index (χ3v) is 7.12. The molecule has 0 bridgehead atoms. The fourth-order valence-electron chi connectivity index (χ4n) is 5.29. The predicted octanol–water partition coefficient (Wildman–Crippen LogP) is 6.48. The van der Waals surface area contributed by atoms with Gasteiger partial charge < -0.3 is 20.0 Å². The topological polar surface area (TPSA) is 53.3 Å². The van der Waals surface area contributed by atoms with Crippen LogP contribution in [0.5, 0.6) is 0 Å². The van der Waals surface area contributed by atoms with Gasteiger partial charge >= 0.3 is 6.18 Å². The lowest BCUT2D eigenvalue weighted by Gasteiger charge is -2.40. The number of piperidine rings is 1. The first kappa shape index (κ1) is 24.6. The minimum atomic E-state index is -4.32. The van der Waals surface area contributed by atoms with E-state index < -0.39 is 11.7 Å². The lowest BCUT2D eigenvalue weighted by molar-refractivity contribution is -0.137. The smallest absolute Gasteiger partial charge is 0.416 e. The number of aromatic nitrogens is 1. The van der Waals surface area contributed by atoms with Crippen molar-refractivity contribution in [2.45, 2.75) is 62.8 Å². The van der Waals surface area contributed by atoms with Gasteiger partial charge in [0, 0.05) is 42.5 Å². The van der Waals surface area contributed by atoms with E-state index in [2.05, 4.69) is 20.5 Å². The van der Waals surface area contributed by atoms with Crippen LogP contribution in [0.4, 0.5) is 29.3 Å². The molecule has 1 aliphatic carbocycles. The fourth-order valence-corrected chi connectivity index (χ4v) is 5.29. The molecule has 2 aliphatic rings. The number of nitrogens with one attached hydrogen (secondary N) is 2. The summed E-state index contributed by atoms with van der Waals surface area (Å²) in [6, 6.07) is 12.7. The van der Waals surface area contributed by atoms with Gasteiger partial charge in [-0.3, -0.25) is 0 Å². The maximum Gasteiger partial charge on any atom is 0.416 e. The Morgan fingerprint density at radius 1 is 0.944 bits per heavy atom. The first-order chi connectivity index (χ1) is 17.3. The Balaban J connectivity index is 1.21. The SMILES string of the molecule is Fc1cccc(-c2cnc(N[C@@H]3CCCC[C@H]3N[C@H]3CCCN(c4ccc(C(F)(F)F)cc4)C3)o2)c1. The van der Waals surface area contributed by atoms with Crippen LogP contribution in [0.1, 0.15) is 44.1 Å². The van der Waals surface area contributed by atoms with Crippen LogP contribution in [-0.2, 0) is 6.18 Å². The van der Waals surface area contributed by atoms with Gasteiger partial charge in [0.1, 0.15) is 5.82 Å². The third-order valence-electron chi connectivity index (χ3n) is 7.12. The van der Waals surface area contributed by atoms with Crippen LogP contribution in [0.2, 0.25) is 0 Å². The largest absolute Gasteiger partial charge is 0.424 e. The van der Waals surface area contributed by atoms with E-state index in [1.54, 1.807) is 30.5 Å². The van der Waals surface area contributed by atoms with Gasteiger partial charge in [-0.1, -0.05) is 25.0 Å². The van der Waals surface area contributed by atoms with Gasteiger partial charge in [-0.15, -0.1) is 0 Å². The number of rotatable bonds is 6. The van der Waals surface area contributed by atoms with Gasteiger partial charge in [0.2, 0.25) is 0 Å². The normalized spacial score (nSPS) is 23.0.